The van der Waals surface area contributed by atoms with E-state index in [-0.39, 0.29) is 11.4 Å². The Balaban J connectivity index is 1.84. The maximum atomic E-state index is 10.9. The molecule has 5 heteroatoms. The highest BCUT2D eigenvalue weighted by molar-refractivity contribution is 5.85. The van der Waals surface area contributed by atoms with Crippen molar-refractivity contribution in [2.24, 2.45) is 16.8 Å². The van der Waals surface area contributed by atoms with E-state index in [1.165, 1.54) is 31.4 Å². The number of phenols is 1. The van der Waals surface area contributed by atoms with Gasteiger partial charge in [0, 0.05) is 23.9 Å². The molecular formula is C15H18N2O3. The number of phenolic OH excluding ortho intramolecular Hbond substituents is 1. The molecule has 20 heavy (non-hydrogen) atoms. The minimum Gasteiger partial charge on any atom is -0.507 e. The monoisotopic (exact) mass is 274 g/mol. The van der Waals surface area contributed by atoms with E-state index in [0.717, 1.165) is 12.3 Å². The van der Waals surface area contributed by atoms with E-state index in [4.69, 9.17) is 0 Å². The van der Waals surface area contributed by atoms with E-state index in [1.807, 2.05) is 0 Å². The van der Waals surface area contributed by atoms with Crippen LogP contribution in [-0.4, -0.2) is 22.3 Å². The summed E-state index contributed by atoms with van der Waals surface area (Å²) in [5.74, 6) is 1.56. The largest absolute Gasteiger partial charge is 0.507 e. The summed E-state index contributed by atoms with van der Waals surface area (Å²) in [6.45, 7) is 1.66. The van der Waals surface area contributed by atoms with Crippen LogP contribution in [0.25, 0.3) is 0 Å². The van der Waals surface area contributed by atoms with Gasteiger partial charge in [-0.05, 0) is 43.6 Å². The number of aryl methyl sites for hydroxylation is 1. The smallest absolute Gasteiger partial charge is 0.270 e. The van der Waals surface area contributed by atoms with Gasteiger partial charge >= 0.3 is 0 Å². The first kappa shape index (κ1) is 13.1. The predicted molar refractivity (Wildman–Crippen MR) is 76.3 cm³/mol. The maximum absolute atomic E-state index is 10.9. The van der Waals surface area contributed by atoms with Crippen LogP contribution in [0.5, 0.6) is 5.75 Å². The van der Waals surface area contributed by atoms with E-state index >= 15 is 0 Å². The number of hydrogen-bond donors (Lipinski definition) is 1. The second-order valence-corrected chi connectivity index (χ2v) is 5.98. The summed E-state index contributed by atoms with van der Waals surface area (Å²) in [6, 6.07) is 3.09. The normalized spacial score (nSPS) is 28.4. The molecule has 1 aromatic carbocycles. The van der Waals surface area contributed by atoms with E-state index in [2.05, 4.69) is 4.99 Å². The lowest BCUT2D eigenvalue weighted by Crippen LogP contribution is -2.14. The van der Waals surface area contributed by atoms with Crippen LogP contribution in [0.1, 0.15) is 36.8 Å². The highest BCUT2D eigenvalue weighted by Gasteiger charge is 2.39. The highest BCUT2D eigenvalue weighted by atomic mass is 16.6. The van der Waals surface area contributed by atoms with E-state index in [9.17, 15) is 15.2 Å². The molecule has 0 heterocycles. The summed E-state index contributed by atoms with van der Waals surface area (Å²) in [4.78, 5) is 15.0. The average molecular weight is 274 g/mol. The molecule has 106 valence electrons. The van der Waals surface area contributed by atoms with Gasteiger partial charge in [0.25, 0.3) is 5.69 Å². The lowest BCUT2D eigenvalue weighted by atomic mass is 9.96. The third-order valence-corrected chi connectivity index (χ3v) is 4.63. The Hall–Kier alpha value is -1.91. The van der Waals surface area contributed by atoms with Gasteiger partial charge in [-0.15, -0.1) is 0 Å². The molecule has 2 aliphatic carbocycles. The van der Waals surface area contributed by atoms with E-state index in [1.54, 1.807) is 13.1 Å². The number of aliphatic imine (C=N–C) groups is 1. The summed E-state index contributed by atoms with van der Waals surface area (Å²) in [5.41, 5.74) is 0.947. The van der Waals surface area contributed by atoms with Crippen LogP contribution in [0.3, 0.4) is 0 Å². The molecule has 0 radical (unpaired) electrons. The van der Waals surface area contributed by atoms with Crippen molar-refractivity contribution in [1.82, 2.24) is 0 Å². The van der Waals surface area contributed by atoms with Crippen molar-refractivity contribution in [1.29, 1.82) is 0 Å². The number of fused-ring (bicyclic) bond motifs is 2. The average Bonchev–Trinajstić information content (AvgIpc) is 3.02. The first-order valence-corrected chi connectivity index (χ1v) is 7.05. The van der Waals surface area contributed by atoms with Gasteiger partial charge < -0.3 is 5.11 Å². The second kappa shape index (κ2) is 4.89. The Morgan fingerprint density at radius 3 is 2.80 bits per heavy atom. The minimum atomic E-state index is -0.443. The van der Waals surface area contributed by atoms with Crippen LogP contribution in [0, 0.1) is 28.9 Å². The molecule has 1 N–H and O–H groups in total. The second-order valence-electron chi connectivity index (χ2n) is 5.98. The first-order chi connectivity index (χ1) is 9.54. The predicted octanol–water partition coefficient (Wildman–Crippen LogP) is 3.22. The van der Waals surface area contributed by atoms with Crippen LogP contribution in [-0.2, 0) is 0 Å². The minimum absolute atomic E-state index is 0.00491. The number of benzene rings is 1. The molecule has 3 unspecified atom stereocenters. The summed E-state index contributed by atoms with van der Waals surface area (Å²) in [6.07, 6.45) is 6.56. The van der Waals surface area contributed by atoms with Gasteiger partial charge in [-0.1, -0.05) is 6.42 Å². The zero-order chi connectivity index (χ0) is 14.3. The molecule has 3 rings (SSSR count). The molecule has 0 amide bonds. The fourth-order valence-electron chi connectivity index (χ4n) is 3.56. The van der Waals surface area contributed by atoms with Crippen molar-refractivity contribution in [3.05, 3.63) is 33.4 Å². The van der Waals surface area contributed by atoms with Gasteiger partial charge in [-0.25, -0.2) is 0 Å². The van der Waals surface area contributed by atoms with Crippen LogP contribution < -0.4 is 0 Å². The third kappa shape index (κ3) is 2.28. The molecular weight excluding hydrogens is 256 g/mol. The highest BCUT2D eigenvalue weighted by Crippen LogP contribution is 2.46. The quantitative estimate of drug-likeness (QED) is 0.522. The molecule has 0 saturated heterocycles. The van der Waals surface area contributed by atoms with E-state index < -0.39 is 4.92 Å². The van der Waals surface area contributed by atoms with Gasteiger partial charge in [0.2, 0.25) is 0 Å². The van der Waals surface area contributed by atoms with Crippen LogP contribution in [0.15, 0.2) is 17.1 Å². The first-order valence-electron chi connectivity index (χ1n) is 7.05. The van der Waals surface area contributed by atoms with Crippen molar-refractivity contribution in [3.63, 3.8) is 0 Å². The topological polar surface area (TPSA) is 75.7 Å². The molecule has 2 aliphatic rings. The number of non-ortho nitro benzene ring substituents is 1. The van der Waals surface area contributed by atoms with Gasteiger partial charge in [-0.3, -0.25) is 15.1 Å². The number of nitrogens with zero attached hydrogens (tertiary/aromatic N) is 2. The Labute approximate surface area is 117 Å². The summed E-state index contributed by atoms with van der Waals surface area (Å²) in [5, 5.41) is 20.9. The molecule has 0 spiro atoms. The van der Waals surface area contributed by atoms with Crippen molar-refractivity contribution >= 4 is 11.9 Å². The maximum Gasteiger partial charge on any atom is 0.270 e. The molecule has 0 aromatic heterocycles. The lowest BCUT2D eigenvalue weighted by molar-refractivity contribution is -0.384. The van der Waals surface area contributed by atoms with Crippen LogP contribution >= 0.6 is 0 Å². The molecule has 5 nitrogen and oxygen atoms in total. The molecule has 3 atom stereocenters. The zero-order valence-corrected chi connectivity index (χ0v) is 11.5. The summed E-state index contributed by atoms with van der Waals surface area (Å²) < 4.78 is 0. The number of nitro groups is 1. The molecule has 2 saturated carbocycles. The van der Waals surface area contributed by atoms with Crippen LogP contribution in [0.4, 0.5) is 5.69 Å². The van der Waals surface area contributed by atoms with Crippen molar-refractivity contribution < 1.29 is 10.0 Å². The number of hydrogen-bond acceptors (Lipinski definition) is 4. The zero-order valence-electron chi connectivity index (χ0n) is 11.5. The summed E-state index contributed by atoms with van der Waals surface area (Å²) >= 11 is 0. The number of rotatable bonds is 3. The van der Waals surface area contributed by atoms with Crippen molar-refractivity contribution in [2.75, 3.05) is 0 Å². The lowest BCUT2D eigenvalue weighted by Gasteiger charge is -2.17. The Bertz CT molecular complexity index is 583. The molecule has 2 fully saturated rings. The van der Waals surface area contributed by atoms with Gasteiger partial charge in [0.15, 0.2) is 0 Å². The van der Waals surface area contributed by atoms with Gasteiger partial charge in [0.05, 0.1) is 11.0 Å². The van der Waals surface area contributed by atoms with E-state index in [0.29, 0.717) is 23.1 Å². The standard InChI is InChI=1S/C15H18N2O3/c1-9-4-13(17(19)20)7-12(15(9)18)8-16-14-6-10-2-3-11(14)5-10/h4,7-8,10-11,14,18H,2-3,5-6H2,1H3. The van der Waals surface area contributed by atoms with Crippen molar-refractivity contribution in [3.8, 4) is 5.75 Å². The Kier molecular flexibility index (Phi) is 3.20. The Morgan fingerprint density at radius 2 is 2.20 bits per heavy atom. The fraction of sp³-hybridized carbons (Fsp3) is 0.533. The molecule has 0 aliphatic heterocycles. The number of nitro benzene ring substituents is 1. The van der Waals surface area contributed by atoms with Crippen LogP contribution in [0.2, 0.25) is 0 Å². The fourth-order valence-corrected chi connectivity index (χ4v) is 3.56. The van der Waals surface area contributed by atoms with Gasteiger partial charge in [-0.2, -0.15) is 0 Å². The number of aromatic hydroxyl groups is 1. The molecule has 2 bridgehead atoms. The molecule has 1 aromatic rings. The summed E-state index contributed by atoms with van der Waals surface area (Å²) in [7, 11) is 0. The SMILES string of the molecule is Cc1cc([N+](=O)[O-])cc(C=NC2CC3CCC2C3)c1O. The third-order valence-electron chi connectivity index (χ3n) is 4.63. The van der Waals surface area contributed by atoms with Gasteiger partial charge in [0.1, 0.15) is 5.75 Å². The van der Waals surface area contributed by atoms with Crippen molar-refractivity contribution in [2.45, 2.75) is 38.6 Å². The Morgan fingerprint density at radius 1 is 1.40 bits per heavy atom.